The molecule has 1 aromatic carbocycles. The van der Waals surface area contributed by atoms with Gasteiger partial charge in [0.05, 0.1) is 6.10 Å². The highest BCUT2D eigenvalue weighted by atomic mass is 35.5. The third kappa shape index (κ3) is 5.42. The van der Waals surface area contributed by atoms with Crippen LogP contribution in [0, 0.1) is 0 Å². The monoisotopic (exact) mass is 330 g/mol. The largest absolute Gasteiger partial charge is 0.393 e. The molecule has 21 heavy (non-hydrogen) atoms. The van der Waals surface area contributed by atoms with Crippen molar-refractivity contribution in [3.8, 4) is 0 Å². The van der Waals surface area contributed by atoms with Crippen molar-refractivity contribution in [2.45, 2.75) is 38.3 Å². The quantitative estimate of drug-likeness (QED) is 0.784. The maximum atomic E-state index is 9.48. The van der Waals surface area contributed by atoms with E-state index in [4.69, 9.17) is 23.2 Å². The van der Waals surface area contributed by atoms with E-state index in [0.717, 1.165) is 61.1 Å². The molecule has 2 rings (SSSR count). The first kappa shape index (κ1) is 17.0. The number of nitrogens with zero attached hydrogens (tertiary/aromatic N) is 1. The lowest BCUT2D eigenvalue weighted by Gasteiger charge is -2.29. The number of piperidine rings is 1. The molecule has 1 fully saturated rings. The number of benzene rings is 1. The van der Waals surface area contributed by atoms with Gasteiger partial charge in [-0.2, -0.15) is 0 Å². The minimum Gasteiger partial charge on any atom is -0.393 e. The molecule has 0 radical (unpaired) electrons. The van der Waals surface area contributed by atoms with Gasteiger partial charge >= 0.3 is 0 Å². The molecule has 1 aromatic rings. The maximum Gasteiger partial charge on any atom is 0.0564 e. The van der Waals surface area contributed by atoms with E-state index in [1.54, 1.807) is 0 Å². The van der Waals surface area contributed by atoms with Crippen LogP contribution in [0.25, 0.3) is 0 Å². The van der Waals surface area contributed by atoms with Gasteiger partial charge in [-0.05, 0) is 63.0 Å². The van der Waals surface area contributed by atoms with Crippen LogP contribution in [0.5, 0.6) is 0 Å². The van der Waals surface area contributed by atoms with Crippen molar-refractivity contribution in [1.29, 1.82) is 0 Å². The van der Waals surface area contributed by atoms with Gasteiger partial charge in [-0.1, -0.05) is 23.2 Å². The van der Waals surface area contributed by atoms with E-state index in [0.29, 0.717) is 0 Å². The molecule has 5 heteroatoms. The van der Waals surface area contributed by atoms with E-state index in [1.165, 1.54) is 0 Å². The topological polar surface area (TPSA) is 35.5 Å². The van der Waals surface area contributed by atoms with Gasteiger partial charge in [-0.15, -0.1) is 0 Å². The van der Waals surface area contributed by atoms with Gasteiger partial charge in [0.1, 0.15) is 0 Å². The zero-order chi connectivity index (χ0) is 15.2. The zero-order valence-electron chi connectivity index (χ0n) is 12.5. The summed E-state index contributed by atoms with van der Waals surface area (Å²) in [6.07, 6.45) is 2.81. The normalized spacial score (nSPS) is 18.9. The number of aliphatic hydroxyl groups is 1. The van der Waals surface area contributed by atoms with Crippen LogP contribution in [-0.2, 0) is 0 Å². The smallest absolute Gasteiger partial charge is 0.0564 e. The van der Waals surface area contributed by atoms with Crippen LogP contribution in [0.15, 0.2) is 18.2 Å². The van der Waals surface area contributed by atoms with Crippen LogP contribution in [0.4, 0.5) is 0 Å². The highest BCUT2D eigenvalue weighted by Gasteiger charge is 2.16. The maximum absolute atomic E-state index is 9.48. The first-order chi connectivity index (χ1) is 10.1. The predicted octanol–water partition coefficient (Wildman–Crippen LogP) is 3.49. The Bertz CT molecular complexity index is 448. The van der Waals surface area contributed by atoms with Gasteiger partial charge in [0.25, 0.3) is 0 Å². The van der Waals surface area contributed by atoms with Crippen LogP contribution in [-0.4, -0.2) is 42.3 Å². The summed E-state index contributed by atoms with van der Waals surface area (Å²) >= 11 is 12.2. The number of hydrogen-bond acceptors (Lipinski definition) is 3. The van der Waals surface area contributed by atoms with Crippen LogP contribution in [0.3, 0.4) is 0 Å². The molecule has 3 nitrogen and oxygen atoms in total. The molecule has 1 saturated heterocycles. The van der Waals surface area contributed by atoms with Gasteiger partial charge in [0.15, 0.2) is 0 Å². The van der Waals surface area contributed by atoms with Crippen molar-refractivity contribution in [3.63, 3.8) is 0 Å². The van der Waals surface area contributed by atoms with E-state index in [2.05, 4.69) is 17.1 Å². The van der Waals surface area contributed by atoms with Crippen LogP contribution < -0.4 is 5.32 Å². The highest BCUT2D eigenvalue weighted by molar-refractivity contribution is 6.33. The van der Waals surface area contributed by atoms with E-state index < -0.39 is 0 Å². The Labute approximate surface area is 137 Å². The van der Waals surface area contributed by atoms with E-state index in [9.17, 15) is 5.11 Å². The fourth-order valence-corrected chi connectivity index (χ4v) is 3.18. The average molecular weight is 331 g/mol. The Kier molecular flexibility index (Phi) is 6.77. The SMILES string of the molecule is CC(NCCCN1CCC(O)CC1)c1cc(Cl)ccc1Cl. The van der Waals surface area contributed by atoms with E-state index in [1.807, 2.05) is 18.2 Å². The molecule has 1 unspecified atom stereocenters. The lowest BCUT2D eigenvalue weighted by atomic mass is 10.1. The summed E-state index contributed by atoms with van der Waals surface area (Å²) in [6, 6.07) is 5.77. The summed E-state index contributed by atoms with van der Waals surface area (Å²) in [7, 11) is 0. The number of nitrogens with one attached hydrogen (secondary N) is 1. The Balaban J connectivity index is 1.69. The average Bonchev–Trinajstić information content (AvgIpc) is 2.47. The summed E-state index contributed by atoms with van der Waals surface area (Å²) in [5, 5.41) is 14.5. The second kappa shape index (κ2) is 8.35. The lowest BCUT2D eigenvalue weighted by Crippen LogP contribution is -2.37. The summed E-state index contributed by atoms with van der Waals surface area (Å²) in [6.45, 7) is 6.15. The van der Waals surface area contributed by atoms with Gasteiger partial charge in [0, 0.05) is 29.2 Å². The molecule has 1 heterocycles. The Morgan fingerprint density at radius 3 is 2.76 bits per heavy atom. The first-order valence-corrected chi connectivity index (χ1v) is 8.40. The highest BCUT2D eigenvalue weighted by Crippen LogP contribution is 2.26. The van der Waals surface area contributed by atoms with Gasteiger partial charge in [-0.3, -0.25) is 0 Å². The summed E-state index contributed by atoms with van der Waals surface area (Å²) < 4.78 is 0. The summed E-state index contributed by atoms with van der Waals surface area (Å²) in [4.78, 5) is 2.42. The third-order valence-corrected chi connectivity index (χ3v) is 4.66. The molecular weight excluding hydrogens is 307 g/mol. The molecule has 0 amide bonds. The second-order valence-electron chi connectivity index (χ2n) is 5.77. The summed E-state index contributed by atoms with van der Waals surface area (Å²) in [5.74, 6) is 0. The number of aliphatic hydroxyl groups excluding tert-OH is 1. The number of rotatable bonds is 6. The van der Waals surface area contributed by atoms with Gasteiger partial charge in [0.2, 0.25) is 0 Å². The Morgan fingerprint density at radius 2 is 2.05 bits per heavy atom. The van der Waals surface area contributed by atoms with Gasteiger partial charge < -0.3 is 15.3 Å². The lowest BCUT2D eigenvalue weighted by molar-refractivity contribution is 0.0820. The van der Waals surface area contributed by atoms with Crippen molar-refractivity contribution in [2.24, 2.45) is 0 Å². The van der Waals surface area contributed by atoms with Crippen LogP contribution >= 0.6 is 23.2 Å². The standard InChI is InChI=1S/C16H24Cl2N2O/c1-12(15-11-13(17)3-4-16(15)18)19-7-2-8-20-9-5-14(21)6-10-20/h3-4,11-12,14,19,21H,2,5-10H2,1H3. The molecule has 118 valence electrons. The fraction of sp³-hybridized carbons (Fsp3) is 0.625. The molecule has 2 N–H and O–H groups in total. The Hall–Kier alpha value is -0.320. The van der Waals surface area contributed by atoms with Crippen LogP contribution in [0.1, 0.15) is 37.8 Å². The number of hydrogen-bond donors (Lipinski definition) is 2. The van der Waals surface area contributed by atoms with Crippen molar-refractivity contribution < 1.29 is 5.11 Å². The van der Waals surface area contributed by atoms with E-state index in [-0.39, 0.29) is 12.1 Å². The number of likely N-dealkylation sites (tertiary alicyclic amines) is 1. The van der Waals surface area contributed by atoms with Crippen molar-refractivity contribution >= 4 is 23.2 Å². The molecule has 0 aromatic heterocycles. The molecule has 0 saturated carbocycles. The molecule has 1 atom stereocenters. The molecular formula is C16H24Cl2N2O. The molecule has 0 bridgehead atoms. The minimum atomic E-state index is -0.0932. The van der Waals surface area contributed by atoms with Gasteiger partial charge in [-0.25, -0.2) is 0 Å². The zero-order valence-corrected chi connectivity index (χ0v) is 14.0. The Morgan fingerprint density at radius 1 is 1.33 bits per heavy atom. The van der Waals surface area contributed by atoms with E-state index >= 15 is 0 Å². The van der Waals surface area contributed by atoms with Crippen molar-refractivity contribution in [3.05, 3.63) is 33.8 Å². The van der Waals surface area contributed by atoms with Crippen LogP contribution in [0.2, 0.25) is 10.0 Å². The summed E-state index contributed by atoms with van der Waals surface area (Å²) in [5.41, 5.74) is 1.05. The second-order valence-corrected chi connectivity index (χ2v) is 6.61. The predicted molar refractivity (Wildman–Crippen MR) is 89.2 cm³/mol. The number of halogens is 2. The molecule has 1 aliphatic heterocycles. The molecule has 0 spiro atoms. The fourth-order valence-electron chi connectivity index (χ4n) is 2.72. The third-order valence-electron chi connectivity index (χ3n) is 4.08. The first-order valence-electron chi connectivity index (χ1n) is 7.65. The minimum absolute atomic E-state index is 0.0932. The molecule has 0 aliphatic carbocycles. The van der Waals surface area contributed by atoms with Crippen molar-refractivity contribution in [1.82, 2.24) is 10.2 Å². The molecule has 1 aliphatic rings. The van der Waals surface area contributed by atoms with Crippen molar-refractivity contribution in [2.75, 3.05) is 26.2 Å².